The number of carbonyl (C=O) groups is 2. The van der Waals surface area contributed by atoms with Crippen molar-refractivity contribution >= 4 is 32.5 Å². The fraction of sp³-hybridized carbons (Fsp3) is 0.833. The van der Waals surface area contributed by atoms with Crippen LogP contribution in [0.4, 0.5) is 0 Å². The molecule has 0 aromatic rings. The Kier molecular flexibility index (Phi) is 21.5. The van der Waals surface area contributed by atoms with Gasteiger partial charge in [0.1, 0.15) is 0 Å². The molecule has 0 spiro atoms. The average molecular weight is 452 g/mol. The molecule has 11 nitrogen and oxygen atoms in total. The van der Waals surface area contributed by atoms with Crippen molar-refractivity contribution in [3.8, 4) is 0 Å². The Morgan fingerprint density at radius 2 is 1.22 bits per heavy atom. The molecular weight excluding hydrogens is 430 g/mol. The summed E-state index contributed by atoms with van der Waals surface area (Å²) in [6.07, 6.45) is -0.761. The Labute approximate surface area is 203 Å². The first-order valence-corrected chi connectivity index (χ1v) is 9.83. The van der Waals surface area contributed by atoms with Gasteiger partial charge in [0.2, 0.25) is 0 Å². The molecule has 0 fully saturated rings. The Morgan fingerprint density at radius 1 is 0.889 bits per heavy atom. The van der Waals surface area contributed by atoms with Crippen molar-refractivity contribution in [1.82, 2.24) is 0 Å². The Hall–Kier alpha value is 0.720. The smallest absolute Gasteiger partial charge is 0.759 e. The number of carbonyl (C=O) groups excluding carboxylic acids is 2. The molecule has 0 rings (SSSR count). The second kappa shape index (κ2) is 16.5. The standard InChI is InChI=1S/C12H22O7S.2Na.H2O4S/c1-8(2)6-18-11(13)5-10(20(15,16)17)12(14)19-7-9(3)4;;;1-5(2,3)4/h8-10H,5-7H2,1-4H3,(H,15,16,17);;;(H2,1,2,3,4)/q;2*+1;/p-2. The van der Waals surface area contributed by atoms with Gasteiger partial charge in [0.15, 0.2) is 5.25 Å². The zero-order valence-electron chi connectivity index (χ0n) is 16.2. The number of esters is 2. The van der Waals surface area contributed by atoms with E-state index < -0.39 is 44.1 Å². The molecule has 1 atom stereocenters. The quantitative estimate of drug-likeness (QED) is 0.160. The van der Waals surface area contributed by atoms with Gasteiger partial charge in [-0.25, -0.2) is 0 Å². The minimum atomic E-state index is -5.17. The van der Waals surface area contributed by atoms with E-state index in [4.69, 9.17) is 31.5 Å². The molecule has 0 aliphatic carbocycles. The normalized spacial score (nSPS) is 12.0. The molecule has 1 N–H and O–H groups in total. The molecule has 150 valence electrons. The molecule has 27 heavy (non-hydrogen) atoms. The van der Waals surface area contributed by atoms with E-state index in [2.05, 4.69) is 0 Å². The largest absolute Gasteiger partial charge is 1.00 e. The maximum absolute atomic E-state index is 11.6. The van der Waals surface area contributed by atoms with E-state index in [1.165, 1.54) is 0 Å². The summed E-state index contributed by atoms with van der Waals surface area (Å²) in [4.78, 5) is 23.0. The van der Waals surface area contributed by atoms with E-state index in [0.717, 1.165) is 0 Å². The minimum Gasteiger partial charge on any atom is -0.759 e. The summed E-state index contributed by atoms with van der Waals surface area (Å²) in [5.74, 6) is -1.93. The molecule has 0 aromatic heterocycles. The zero-order valence-corrected chi connectivity index (χ0v) is 21.8. The Bertz CT molecular complexity index is 622. The van der Waals surface area contributed by atoms with Crippen LogP contribution in [0, 0.1) is 11.8 Å². The summed E-state index contributed by atoms with van der Waals surface area (Å²) in [6.45, 7) is 7.28. The van der Waals surface area contributed by atoms with E-state index in [-0.39, 0.29) is 84.2 Å². The number of hydrogen-bond acceptors (Lipinski definition) is 10. The monoisotopic (exact) mass is 452 g/mol. The van der Waals surface area contributed by atoms with Crippen molar-refractivity contribution in [2.24, 2.45) is 11.8 Å². The Morgan fingerprint density at radius 3 is 1.52 bits per heavy atom. The van der Waals surface area contributed by atoms with E-state index in [0.29, 0.717) is 0 Å². The van der Waals surface area contributed by atoms with Crippen molar-refractivity contribution in [1.29, 1.82) is 0 Å². The molecule has 0 aliphatic rings. The van der Waals surface area contributed by atoms with Gasteiger partial charge in [0.25, 0.3) is 10.1 Å². The summed E-state index contributed by atoms with van der Waals surface area (Å²) in [5.41, 5.74) is 0. The number of hydrogen-bond donors (Lipinski definition) is 1. The molecule has 1 unspecified atom stereocenters. The van der Waals surface area contributed by atoms with Crippen molar-refractivity contribution in [3.63, 3.8) is 0 Å². The molecule has 0 bridgehead atoms. The second-order valence-electron chi connectivity index (χ2n) is 5.72. The van der Waals surface area contributed by atoms with Crippen molar-refractivity contribution in [3.05, 3.63) is 0 Å². The summed E-state index contributed by atoms with van der Waals surface area (Å²) in [7, 11) is -9.89. The molecule has 0 saturated carbocycles. The predicted molar refractivity (Wildman–Crippen MR) is 82.0 cm³/mol. The minimum absolute atomic E-state index is 0. The zero-order chi connectivity index (χ0) is 20.4. The number of ether oxygens (including phenoxy) is 2. The number of rotatable bonds is 8. The van der Waals surface area contributed by atoms with Gasteiger partial charge in [-0.2, -0.15) is 8.42 Å². The summed E-state index contributed by atoms with van der Waals surface area (Å²) in [5, 5.41) is -1.94. The molecular formula is C12H22Na2O11S2. The van der Waals surface area contributed by atoms with Crippen LogP contribution in [0.25, 0.3) is 0 Å². The second-order valence-corrected chi connectivity index (χ2v) is 8.13. The molecule has 0 aromatic carbocycles. The first kappa shape index (κ1) is 35.2. The van der Waals surface area contributed by atoms with E-state index in [9.17, 15) is 18.0 Å². The third-order valence-electron chi connectivity index (χ3n) is 2.11. The maximum Gasteiger partial charge on any atom is 1.00 e. The third kappa shape index (κ3) is 26.7. The third-order valence-corrected chi connectivity index (χ3v) is 3.19. The van der Waals surface area contributed by atoms with Crippen LogP contribution < -0.4 is 59.1 Å². The van der Waals surface area contributed by atoms with Gasteiger partial charge in [-0.15, -0.1) is 0 Å². The van der Waals surface area contributed by atoms with Crippen molar-refractivity contribution in [2.45, 2.75) is 39.4 Å². The fourth-order valence-corrected chi connectivity index (χ4v) is 1.78. The fourth-order valence-electron chi connectivity index (χ4n) is 1.12. The van der Waals surface area contributed by atoms with Crippen LogP contribution in [0.5, 0.6) is 0 Å². The van der Waals surface area contributed by atoms with Crippen LogP contribution in [0.3, 0.4) is 0 Å². The summed E-state index contributed by atoms with van der Waals surface area (Å²) >= 11 is 0. The van der Waals surface area contributed by atoms with Crippen LogP contribution in [-0.2, 0) is 39.6 Å². The van der Waals surface area contributed by atoms with Crippen LogP contribution in [0.2, 0.25) is 0 Å². The van der Waals surface area contributed by atoms with Crippen molar-refractivity contribution in [2.75, 3.05) is 13.2 Å². The van der Waals surface area contributed by atoms with Crippen molar-refractivity contribution < 1.29 is 109 Å². The Balaban J connectivity index is -0.000000333. The predicted octanol–water partition coefficient (Wildman–Crippen LogP) is -6.30. The van der Waals surface area contributed by atoms with Crippen LogP contribution in [0.15, 0.2) is 0 Å². The van der Waals surface area contributed by atoms with E-state index in [1.807, 2.05) is 13.8 Å². The average Bonchev–Trinajstić information content (AvgIpc) is 2.36. The van der Waals surface area contributed by atoms with Gasteiger partial charge in [0.05, 0.1) is 19.6 Å². The van der Waals surface area contributed by atoms with Crippen LogP contribution >= 0.6 is 0 Å². The topological polar surface area (TPSA) is 187 Å². The maximum atomic E-state index is 11.6. The summed E-state index contributed by atoms with van der Waals surface area (Å²) in [6, 6.07) is 0. The molecule has 0 aliphatic heterocycles. The SMILES string of the molecule is CC(C)COC(=O)CC(C(=O)OCC(C)C)S(=O)(=O)O.O=S(=O)([O-])[O-].[Na+].[Na+]. The molecule has 0 amide bonds. The van der Waals surface area contributed by atoms with Gasteiger partial charge in [-0.05, 0) is 11.8 Å². The van der Waals surface area contributed by atoms with Gasteiger partial charge >= 0.3 is 71.1 Å². The van der Waals surface area contributed by atoms with E-state index in [1.54, 1.807) is 13.8 Å². The summed E-state index contributed by atoms with van der Waals surface area (Å²) < 4.78 is 74.9. The first-order chi connectivity index (χ1) is 11.0. The molecule has 15 heteroatoms. The van der Waals surface area contributed by atoms with Gasteiger partial charge in [0, 0.05) is 10.4 Å². The molecule has 0 heterocycles. The van der Waals surface area contributed by atoms with Crippen LogP contribution in [0.1, 0.15) is 34.1 Å². The van der Waals surface area contributed by atoms with E-state index >= 15 is 0 Å². The molecule has 0 saturated heterocycles. The van der Waals surface area contributed by atoms with Gasteiger partial charge in [-0.1, -0.05) is 27.7 Å². The van der Waals surface area contributed by atoms with Gasteiger partial charge in [-0.3, -0.25) is 22.6 Å². The van der Waals surface area contributed by atoms with Crippen LogP contribution in [-0.4, -0.2) is 60.9 Å². The first-order valence-electron chi connectivity index (χ1n) is 6.99. The van der Waals surface area contributed by atoms with Gasteiger partial charge < -0.3 is 18.6 Å². The molecule has 0 radical (unpaired) electrons.